The lowest BCUT2D eigenvalue weighted by Crippen LogP contribution is -2.41. The molecule has 0 saturated carbocycles. The number of nitrogens with zero attached hydrogens (tertiary/aromatic N) is 3. The van der Waals surface area contributed by atoms with Crippen molar-refractivity contribution in [1.29, 1.82) is 0 Å². The number of amides is 1. The van der Waals surface area contributed by atoms with Crippen LogP contribution in [-0.2, 0) is 36.8 Å². The fourth-order valence-corrected chi connectivity index (χ4v) is 4.53. The maximum Gasteiger partial charge on any atom is 0.416 e. The predicted octanol–water partition coefficient (Wildman–Crippen LogP) is 3.57. The Hall–Kier alpha value is -2.46. The SMILES string of the molecule is CCCn1nc(C(=O)N2CCOCC2)c2c1CCC(NCc1cc(F)cc(C(F)(F)F)c1)C2. The molecule has 1 N–H and O–H groups in total. The minimum Gasteiger partial charge on any atom is -0.378 e. The Kier molecular flexibility index (Phi) is 7.04. The highest BCUT2D eigenvalue weighted by molar-refractivity contribution is 5.94. The van der Waals surface area contributed by atoms with E-state index in [-0.39, 0.29) is 24.1 Å². The Morgan fingerprint density at radius 1 is 1.24 bits per heavy atom. The number of carbonyl (C=O) groups is 1. The topological polar surface area (TPSA) is 59.4 Å². The predicted molar refractivity (Wildman–Crippen MR) is 113 cm³/mol. The lowest BCUT2D eigenvalue weighted by atomic mass is 9.90. The number of alkyl halides is 3. The average molecular weight is 468 g/mol. The molecule has 10 heteroatoms. The Balaban J connectivity index is 1.50. The number of carbonyl (C=O) groups excluding carboxylic acids is 1. The molecule has 4 rings (SSSR count). The monoisotopic (exact) mass is 468 g/mol. The van der Waals surface area contributed by atoms with Gasteiger partial charge >= 0.3 is 6.18 Å². The number of nitrogens with one attached hydrogen (secondary N) is 1. The van der Waals surface area contributed by atoms with Crippen LogP contribution in [0.1, 0.15) is 52.6 Å². The molecule has 0 bridgehead atoms. The summed E-state index contributed by atoms with van der Waals surface area (Å²) < 4.78 is 60.0. The molecule has 0 spiro atoms. The van der Waals surface area contributed by atoms with Crippen LogP contribution in [-0.4, -0.2) is 52.9 Å². The molecule has 1 saturated heterocycles. The van der Waals surface area contributed by atoms with Gasteiger partial charge in [0, 0.05) is 43.5 Å². The number of benzene rings is 1. The van der Waals surface area contributed by atoms with Crippen LogP contribution in [0.25, 0.3) is 0 Å². The van der Waals surface area contributed by atoms with Crippen molar-refractivity contribution in [2.24, 2.45) is 0 Å². The van der Waals surface area contributed by atoms with E-state index in [9.17, 15) is 22.4 Å². The first kappa shape index (κ1) is 23.7. The Labute approximate surface area is 189 Å². The molecule has 1 atom stereocenters. The van der Waals surface area contributed by atoms with Crippen molar-refractivity contribution in [3.8, 4) is 0 Å². The zero-order valence-corrected chi connectivity index (χ0v) is 18.6. The van der Waals surface area contributed by atoms with Crippen molar-refractivity contribution in [3.05, 3.63) is 52.1 Å². The number of morpholine rings is 1. The third-order valence-corrected chi connectivity index (χ3v) is 6.16. The van der Waals surface area contributed by atoms with E-state index >= 15 is 0 Å². The van der Waals surface area contributed by atoms with E-state index in [0.29, 0.717) is 50.9 Å². The van der Waals surface area contributed by atoms with Crippen LogP contribution in [0.4, 0.5) is 17.6 Å². The molecule has 180 valence electrons. The fourth-order valence-electron chi connectivity index (χ4n) is 4.53. The summed E-state index contributed by atoms with van der Waals surface area (Å²) in [6.07, 6.45) is -1.68. The number of halogens is 4. The normalized spacial score (nSPS) is 18.9. The van der Waals surface area contributed by atoms with Crippen LogP contribution in [0.15, 0.2) is 18.2 Å². The maximum absolute atomic E-state index is 13.7. The summed E-state index contributed by atoms with van der Waals surface area (Å²) in [4.78, 5) is 14.9. The lowest BCUT2D eigenvalue weighted by molar-refractivity contribution is -0.137. The van der Waals surface area contributed by atoms with Gasteiger partial charge in [-0.05, 0) is 49.4 Å². The highest BCUT2D eigenvalue weighted by atomic mass is 19.4. The van der Waals surface area contributed by atoms with Gasteiger partial charge in [-0.25, -0.2) is 4.39 Å². The molecule has 1 fully saturated rings. The molecule has 33 heavy (non-hydrogen) atoms. The van der Waals surface area contributed by atoms with Gasteiger partial charge in [0.25, 0.3) is 5.91 Å². The van der Waals surface area contributed by atoms with E-state index in [1.54, 1.807) is 4.90 Å². The second-order valence-corrected chi connectivity index (χ2v) is 8.57. The largest absolute Gasteiger partial charge is 0.416 e. The summed E-state index contributed by atoms with van der Waals surface area (Å²) in [7, 11) is 0. The van der Waals surface area contributed by atoms with Crippen molar-refractivity contribution < 1.29 is 27.1 Å². The fraction of sp³-hybridized carbons (Fsp3) is 0.565. The summed E-state index contributed by atoms with van der Waals surface area (Å²) in [6, 6.07) is 2.54. The second-order valence-electron chi connectivity index (χ2n) is 8.57. The van der Waals surface area contributed by atoms with Crippen LogP contribution < -0.4 is 5.32 Å². The Morgan fingerprint density at radius 2 is 2.00 bits per heavy atom. The third kappa shape index (κ3) is 5.38. The Bertz CT molecular complexity index is 999. The zero-order valence-electron chi connectivity index (χ0n) is 18.6. The zero-order chi connectivity index (χ0) is 23.6. The van der Waals surface area contributed by atoms with Crippen molar-refractivity contribution in [3.63, 3.8) is 0 Å². The minimum absolute atomic E-state index is 0.0504. The number of fused-ring (bicyclic) bond motifs is 1. The van der Waals surface area contributed by atoms with E-state index in [2.05, 4.69) is 17.3 Å². The summed E-state index contributed by atoms with van der Waals surface area (Å²) in [6.45, 7) is 4.94. The molecule has 2 heterocycles. The molecule has 1 aromatic carbocycles. The highest BCUT2D eigenvalue weighted by Crippen LogP contribution is 2.31. The number of hydrogen-bond acceptors (Lipinski definition) is 4. The molecular weight excluding hydrogens is 440 g/mol. The van der Waals surface area contributed by atoms with Gasteiger partial charge in [0.2, 0.25) is 0 Å². The summed E-state index contributed by atoms with van der Waals surface area (Å²) >= 11 is 0. The molecule has 0 radical (unpaired) electrons. The standard InChI is InChI=1S/C23H28F4N4O2/c1-2-5-31-20-4-3-18(28-14-15-10-16(23(25,26)27)12-17(24)11-15)13-19(20)21(29-31)22(32)30-6-8-33-9-7-30/h10-12,18,28H,2-9,13-14H2,1H3. The summed E-state index contributed by atoms with van der Waals surface area (Å²) in [5.74, 6) is -1.02. The van der Waals surface area contributed by atoms with E-state index in [4.69, 9.17) is 4.74 Å². The first-order valence-electron chi connectivity index (χ1n) is 11.3. The van der Waals surface area contributed by atoms with E-state index in [1.165, 1.54) is 0 Å². The van der Waals surface area contributed by atoms with E-state index in [1.807, 2.05) is 4.68 Å². The molecule has 6 nitrogen and oxygen atoms in total. The van der Waals surface area contributed by atoms with Gasteiger partial charge in [-0.3, -0.25) is 9.48 Å². The molecular formula is C23H28F4N4O2. The molecule has 2 aromatic rings. The Morgan fingerprint density at radius 3 is 2.70 bits per heavy atom. The van der Waals surface area contributed by atoms with Crippen LogP contribution in [0.2, 0.25) is 0 Å². The first-order chi connectivity index (χ1) is 15.8. The van der Waals surface area contributed by atoms with Gasteiger partial charge in [-0.15, -0.1) is 0 Å². The van der Waals surface area contributed by atoms with Gasteiger partial charge in [-0.1, -0.05) is 6.92 Å². The van der Waals surface area contributed by atoms with Gasteiger partial charge in [0.1, 0.15) is 5.82 Å². The molecule has 1 amide bonds. The number of rotatable bonds is 6. The highest BCUT2D eigenvalue weighted by Gasteiger charge is 2.33. The lowest BCUT2D eigenvalue weighted by Gasteiger charge is -2.28. The number of aromatic nitrogens is 2. The quantitative estimate of drug-likeness (QED) is 0.659. The van der Waals surface area contributed by atoms with Gasteiger partial charge in [-0.2, -0.15) is 18.3 Å². The molecule has 1 aliphatic carbocycles. The van der Waals surface area contributed by atoms with Crippen LogP contribution >= 0.6 is 0 Å². The van der Waals surface area contributed by atoms with Gasteiger partial charge < -0.3 is 15.0 Å². The van der Waals surface area contributed by atoms with Crippen LogP contribution in [0, 0.1) is 5.82 Å². The van der Waals surface area contributed by atoms with Crippen molar-refractivity contribution in [2.75, 3.05) is 26.3 Å². The van der Waals surface area contributed by atoms with E-state index < -0.39 is 17.6 Å². The second kappa shape index (κ2) is 9.80. The number of aryl methyl sites for hydroxylation is 1. The number of ether oxygens (including phenoxy) is 1. The van der Waals surface area contributed by atoms with Gasteiger partial charge in [0.05, 0.1) is 18.8 Å². The minimum atomic E-state index is -4.60. The summed E-state index contributed by atoms with van der Waals surface area (Å²) in [5.41, 5.74) is 1.65. The van der Waals surface area contributed by atoms with Gasteiger partial charge in [0.15, 0.2) is 5.69 Å². The number of hydrogen-bond donors (Lipinski definition) is 1. The summed E-state index contributed by atoms with van der Waals surface area (Å²) in [5, 5.41) is 7.90. The molecule has 2 aliphatic rings. The van der Waals surface area contributed by atoms with Crippen molar-refractivity contribution in [2.45, 2.75) is 57.9 Å². The maximum atomic E-state index is 13.7. The molecule has 1 unspecified atom stereocenters. The van der Waals surface area contributed by atoms with Crippen LogP contribution in [0.5, 0.6) is 0 Å². The molecule has 1 aromatic heterocycles. The van der Waals surface area contributed by atoms with E-state index in [0.717, 1.165) is 42.8 Å². The molecule has 1 aliphatic heterocycles. The smallest absolute Gasteiger partial charge is 0.378 e. The van der Waals surface area contributed by atoms with Crippen molar-refractivity contribution >= 4 is 5.91 Å². The third-order valence-electron chi connectivity index (χ3n) is 6.16. The van der Waals surface area contributed by atoms with Crippen molar-refractivity contribution in [1.82, 2.24) is 20.0 Å². The first-order valence-corrected chi connectivity index (χ1v) is 11.3. The van der Waals surface area contributed by atoms with Crippen LogP contribution in [0.3, 0.4) is 0 Å². The average Bonchev–Trinajstić information content (AvgIpc) is 3.15.